The molecule has 2 heterocycles. The quantitative estimate of drug-likeness (QED) is 0.803. The Hall–Kier alpha value is -2.70. The monoisotopic (exact) mass is 345 g/mol. The van der Waals surface area contributed by atoms with Crippen LogP contribution in [0.4, 0.5) is 0 Å². The minimum Gasteiger partial charge on any atom is -0.481 e. The van der Waals surface area contributed by atoms with Crippen molar-refractivity contribution < 1.29 is 19.0 Å². The van der Waals surface area contributed by atoms with Crippen LogP contribution in [0.15, 0.2) is 24.3 Å². The number of benzene rings is 1. The summed E-state index contributed by atoms with van der Waals surface area (Å²) < 4.78 is 18.2. The number of nitrogens with zero attached hydrogens (tertiary/aromatic N) is 3. The van der Waals surface area contributed by atoms with E-state index < -0.39 is 6.10 Å². The Kier molecular flexibility index (Phi) is 4.83. The molecule has 0 aliphatic carbocycles. The number of likely N-dealkylation sites (N-methyl/N-ethyl adjacent to an activating group) is 1. The number of hydrogen-bond acceptors (Lipinski definition) is 5. The molecule has 1 amide bonds. The summed E-state index contributed by atoms with van der Waals surface area (Å²) in [5, 5.41) is 4.41. The lowest BCUT2D eigenvalue weighted by Crippen LogP contribution is -2.39. The summed E-state index contributed by atoms with van der Waals surface area (Å²) in [6.07, 6.45) is -0.592. The first kappa shape index (κ1) is 17.1. The number of hydrogen-bond donors (Lipinski definition) is 0. The van der Waals surface area contributed by atoms with E-state index in [4.69, 9.17) is 14.2 Å². The first-order chi connectivity index (χ1) is 11.9. The highest BCUT2D eigenvalue weighted by Crippen LogP contribution is 2.35. The molecular weight excluding hydrogens is 322 g/mol. The largest absolute Gasteiger partial charge is 0.481 e. The molecule has 1 unspecified atom stereocenters. The Morgan fingerprint density at radius 1 is 1.32 bits per heavy atom. The standard InChI is InChI=1S/C18H23N3O4/c1-12-9-13(2)21(19-12)8-7-20(4)18(22)14(3)25-15-5-6-16-17(10-15)24-11-23-16/h5-6,9-10,14H,7-8,11H2,1-4H3. The number of rotatable bonds is 6. The van der Waals surface area contributed by atoms with E-state index in [1.165, 1.54) is 0 Å². The zero-order valence-corrected chi connectivity index (χ0v) is 15.0. The first-order valence-electron chi connectivity index (χ1n) is 8.26. The summed E-state index contributed by atoms with van der Waals surface area (Å²) in [5.74, 6) is 1.82. The zero-order chi connectivity index (χ0) is 18.0. The second-order valence-corrected chi connectivity index (χ2v) is 6.19. The number of ether oxygens (including phenoxy) is 3. The fourth-order valence-electron chi connectivity index (χ4n) is 2.77. The van der Waals surface area contributed by atoms with E-state index in [-0.39, 0.29) is 12.7 Å². The average Bonchev–Trinajstić information content (AvgIpc) is 3.17. The molecule has 0 saturated carbocycles. The van der Waals surface area contributed by atoms with Gasteiger partial charge in [0, 0.05) is 25.4 Å². The van der Waals surface area contributed by atoms with Gasteiger partial charge in [-0.1, -0.05) is 0 Å². The van der Waals surface area contributed by atoms with Crippen LogP contribution in [0.1, 0.15) is 18.3 Å². The van der Waals surface area contributed by atoms with Crippen molar-refractivity contribution in [2.24, 2.45) is 0 Å². The highest BCUT2D eigenvalue weighted by Gasteiger charge is 2.21. The van der Waals surface area contributed by atoms with E-state index >= 15 is 0 Å². The Morgan fingerprint density at radius 3 is 2.80 bits per heavy atom. The van der Waals surface area contributed by atoms with Gasteiger partial charge in [-0.05, 0) is 39.0 Å². The number of carbonyl (C=O) groups is 1. The molecule has 3 rings (SSSR count). The SMILES string of the molecule is Cc1cc(C)n(CCN(C)C(=O)C(C)Oc2ccc3c(c2)OCO3)n1. The lowest BCUT2D eigenvalue weighted by molar-refractivity contribution is -0.136. The third-order valence-corrected chi connectivity index (χ3v) is 4.13. The summed E-state index contributed by atoms with van der Waals surface area (Å²) in [4.78, 5) is 14.2. The Labute approximate surface area is 147 Å². The molecule has 0 spiro atoms. The van der Waals surface area contributed by atoms with Crippen molar-refractivity contribution in [3.8, 4) is 17.2 Å². The molecular formula is C18H23N3O4. The summed E-state index contributed by atoms with van der Waals surface area (Å²) in [6, 6.07) is 7.31. The number of aryl methyl sites for hydroxylation is 2. The molecule has 0 bridgehead atoms. The van der Waals surface area contributed by atoms with Gasteiger partial charge in [0.2, 0.25) is 6.79 Å². The lowest BCUT2D eigenvalue weighted by Gasteiger charge is -2.22. The molecule has 1 aromatic carbocycles. The second kappa shape index (κ2) is 7.04. The molecule has 1 aliphatic heterocycles. The van der Waals surface area contributed by atoms with Crippen LogP contribution in [0, 0.1) is 13.8 Å². The molecule has 1 aliphatic rings. The summed E-state index contributed by atoms with van der Waals surface area (Å²) in [7, 11) is 1.77. The lowest BCUT2D eigenvalue weighted by atomic mass is 10.3. The smallest absolute Gasteiger partial charge is 0.263 e. The van der Waals surface area contributed by atoms with Gasteiger partial charge in [0.1, 0.15) is 5.75 Å². The molecule has 7 heteroatoms. The molecule has 0 N–H and O–H groups in total. The molecule has 7 nitrogen and oxygen atoms in total. The zero-order valence-electron chi connectivity index (χ0n) is 15.0. The molecule has 1 aromatic heterocycles. The van der Waals surface area contributed by atoms with Crippen LogP contribution in [0.5, 0.6) is 17.2 Å². The van der Waals surface area contributed by atoms with E-state index in [1.807, 2.05) is 24.6 Å². The molecule has 0 fully saturated rings. The van der Waals surface area contributed by atoms with Gasteiger partial charge < -0.3 is 19.1 Å². The van der Waals surface area contributed by atoms with Crippen molar-refractivity contribution in [1.29, 1.82) is 0 Å². The van der Waals surface area contributed by atoms with Gasteiger partial charge in [-0.3, -0.25) is 9.48 Å². The van der Waals surface area contributed by atoms with Gasteiger partial charge in [0.25, 0.3) is 5.91 Å². The highest BCUT2D eigenvalue weighted by molar-refractivity contribution is 5.80. The van der Waals surface area contributed by atoms with Gasteiger partial charge in [0.05, 0.1) is 12.2 Å². The van der Waals surface area contributed by atoms with Gasteiger partial charge >= 0.3 is 0 Å². The number of fused-ring (bicyclic) bond motifs is 1. The van der Waals surface area contributed by atoms with E-state index in [0.717, 1.165) is 11.4 Å². The maximum atomic E-state index is 12.5. The number of amides is 1. The van der Waals surface area contributed by atoms with E-state index in [9.17, 15) is 4.79 Å². The van der Waals surface area contributed by atoms with Crippen LogP contribution in [0.2, 0.25) is 0 Å². The van der Waals surface area contributed by atoms with Crippen molar-refractivity contribution in [1.82, 2.24) is 14.7 Å². The third kappa shape index (κ3) is 3.87. The fourth-order valence-corrected chi connectivity index (χ4v) is 2.77. The Morgan fingerprint density at radius 2 is 2.08 bits per heavy atom. The fraction of sp³-hybridized carbons (Fsp3) is 0.444. The van der Waals surface area contributed by atoms with E-state index in [1.54, 1.807) is 37.1 Å². The first-order valence-corrected chi connectivity index (χ1v) is 8.26. The second-order valence-electron chi connectivity index (χ2n) is 6.19. The predicted octanol–water partition coefficient (Wildman–Crippen LogP) is 2.15. The van der Waals surface area contributed by atoms with Crippen molar-refractivity contribution in [2.75, 3.05) is 20.4 Å². The number of carbonyl (C=O) groups excluding carboxylic acids is 1. The Bertz CT molecular complexity index is 772. The van der Waals surface area contributed by atoms with Gasteiger partial charge in [-0.15, -0.1) is 0 Å². The van der Waals surface area contributed by atoms with Crippen LogP contribution >= 0.6 is 0 Å². The Balaban J connectivity index is 1.55. The molecule has 1 atom stereocenters. The van der Waals surface area contributed by atoms with Gasteiger partial charge in [0.15, 0.2) is 17.6 Å². The minimum absolute atomic E-state index is 0.0841. The van der Waals surface area contributed by atoms with E-state index in [2.05, 4.69) is 5.10 Å². The van der Waals surface area contributed by atoms with Crippen LogP contribution < -0.4 is 14.2 Å². The van der Waals surface area contributed by atoms with Crippen molar-refractivity contribution in [3.05, 3.63) is 35.7 Å². The molecule has 0 radical (unpaired) electrons. The molecule has 25 heavy (non-hydrogen) atoms. The minimum atomic E-state index is -0.592. The van der Waals surface area contributed by atoms with Crippen LogP contribution in [-0.2, 0) is 11.3 Å². The van der Waals surface area contributed by atoms with E-state index in [0.29, 0.717) is 30.3 Å². The van der Waals surface area contributed by atoms with Crippen molar-refractivity contribution >= 4 is 5.91 Å². The van der Waals surface area contributed by atoms with Gasteiger partial charge in [-0.2, -0.15) is 5.10 Å². The maximum Gasteiger partial charge on any atom is 0.263 e. The maximum absolute atomic E-state index is 12.5. The van der Waals surface area contributed by atoms with Crippen molar-refractivity contribution in [3.63, 3.8) is 0 Å². The highest BCUT2D eigenvalue weighted by atomic mass is 16.7. The number of aromatic nitrogens is 2. The molecule has 134 valence electrons. The van der Waals surface area contributed by atoms with Gasteiger partial charge in [-0.25, -0.2) is 0 Å². The van der Waals surface area contributed by atoms with Crippen molar-refractivity contribution in [2.45, 2.75) is 33.4 Å². The summed E-state index contributed by atoms with van der Waals surface area (Å²) >= 11 is 0. The predicted molar refractivity (Wildman–Crippen MR) is 92.0 cm³/mol. The molecule has 2 aromatic rings. The normalized spacial score (nSPS) is 13.6. The average molecular weight is 345 g/mol. The van der Waals surface area contributed by atoms with Crippen LogP contribution in [-0.4, -0.2) is 47.1 Å². The summed E-state index contributed by atoms with van der Waals surface area (Å²) in [5.41, 5.74) is 2.06. The topological polar surface area (TPSA) is 65.8 Å². The molecule has 0 saturated heterocycles. The summed E-state index contributed by atoms with van der Waals surface area (Å²) in [6.45, 7) is 7.14. The third-order valence-electron chi connectivity index (χ3n) is 4.13. The van der Waals surface area contributed by atoms with Crippen LogP contribution in [0.3, 0.4) is 0 Å². The van der Waals surface area contributed by atoms with Crippen LogP contribution in [0.25, 0.3) is 0 Å².